The van der Waals surface area contributed by atoms with E-state index < -0.39 is 0 Å². The number of nitrogens with one attached hydrogen (secondary N) is 2. The van der Waals surface area contributed by atoms with E-state index in [1.807, 2.05) is 0 Å². The summed E-state index contributed by atoms with van der Waals surface area (Å²) in [6, 6.07) is 0.311. The molecule has 1 aromatic rings. The van der Waals surface area contributed by atoms with Gasteiger partial charge in [0.2, 0.25) is 11.8 Å². The van der Waals surface area contributed by atoms with E-state index in [1.54, 1.807) is 0 Å². The van der Waals surface area contributed by atoms with Gasteiger partial charge in [-0.15, -0.1) is 16.7 Å². The van der Waals surface area contributed by atoms with E-state index in [9.17, 15) is 4.79 Å². The third-order valence-corrected chi connectivity index (χ3v) is 1.58. The number of alkyl halides is 1. The van der Waals surface area contributed by atoms with Gasteiger partial charge in [0.15, 0.2) is 0 Å². The van der Waals surface area contributed by atoms with Gasteiger partial charge in [0.1, 0.15) is 5.88 Å². The lowest BCUT2D eigenvalue weighted by Crippen LogP contribution is -2.26. The summed E-state index contributed by atoms with van der Waals surface area (Å²) in [6.45, 7) is 2.50. The van der Waals surface area contributed by atoms with E-state index in [-0.39, 0.29) is 11.8 Å². The first kappa shape index (κ1) is 10.8. The monoisotopic (exact) mass is 218 g/mol. The lowest BCUT2D eigenvalue weighted by molar-refractivity contribution is -0.118. The smallest absolute Gasteiger partial charge is 0.315 e. The molecule has 1 heterocycles. The highest BCUT2D eigenvalue weighted by atomic mass is 35.5. The summed E-state index contributed by atoms with van der Waals surface area (Å²) in [5.41, 5.74) is 0. The van der Waals surface area contributed by atoms with Crippen molar-refractivity contribution >= 4 is 23.5 Å². The minimum absolute atomic E-state index is 0.0706. The molecule has 6 nitrogen and oxygen atoms in total. The zero-order chi connectivity index (χ0) is 10.4. The largest absolute Gasteiger partial charge is 0.407 e. The van der Waals surface area contributed by atoms with Crippen LogP contribution in [0.5, 0.6) is 0 Å². The van der Waals surface area contributed by atoms with Crippen molar-refractivity contribution in [1.29, 1.82) is 0 Å². The van der Waals surface area contributed by atoms with Gasteiger partial charge < -0.3 is 15.1 Å². The molecule has 2 N–H and O–H groups in total. The van der Waals surface area contributed by atoms with Crippen molar-refractivity contribution in [2.24, 2.45) is 0 Å². The first-order valence-electron chi connectivity index (χ1n) is 4.09. The molecule has 0 saturated carbocycles. The molecule has 1 aromatic heterocycles. The number of carbonyl (C=O) groups is 1. The van der Waals surface area contributed by atoms with Crippen molar-refractivity contribution in [2.75, 3.05) is 18.4 Å². The molecule has 0 spiro atoms. The second kappa shape index (κ2) is 5.43. The van der Waals surface area contributed by atoms with Crippen LogP contribution in [-0.2, 0) is 10.7 Å². The van der Waals surface area contributed by atoms with Crippen LogP contribution in [0, 0.1) is 0 Å². The van der Waals surface area contributed by atoms with Crippen LogP contribution in [0.3, 0.4) is 0 Å². The second-order valence-corrected chi connectivity index (χ2v) is 2.81. The van der Waals surface area contributed by atoms with Crippen molar-refractivity contribution in [3.63, 3.8) is 0 Å². The number of aromatic nitrogens is 2. The van der Waals surface area contributed by atoms with Crippen LogP contribution >= 0.6 is 11.6 Å². The molecule has 0 bridgehead atoms. The van der Waals surface area contributed by atoms with E-state index in [2.05, 4.69) is 20.8 Å². The standard InChI is InChI=1S/C7H11ClN4O2/c1-5(13)9-2-3-10-7-12-11-6(4-8)14-7/h2-4H2,1H3,(H,9,13)(H,10,12). The molecule has 0 aliphatic heterocycles. The van der Waals surface area contributed by atoms with Crippen LogP contribution in [-0.4, -0.2) is 29.2 Å². The van der Waals surface area contributed by atoms with E-state index in [1.165, 1.54) is 6.92 Å². The van der Waals surface area contributed by atoms with Crippen LogP contribution < -0.4 is 10.6 Å². The molecular weight excluding hydrogens is 208 g/mol. The van der Waals surface area contributed by atoms with Crippen molar-refractivity contribution in [3.05, 3.63) is 5.89 Å². The Hall–Kier alpha value is -1.30. The van der Waals surface area contributed by atoms with Gasteiger partial charge in [0, 0.05) is 20.0 Å². The van der Waals surface area contributed by atoms with Crippen LogP contribution in [0.1, 0.15) is 12.8 Å². The molecule has 0 saturated heterocycles. The summed E-state index contributed by atoms with van der Waals surface area (Å²) in [4.78, 5) is 10.5. The van der Waals surface area contributed by atoms with Gasteiger partial charge in [0.25, 0.3) is 0 Å². The van der Waals surface area contributed by atoms with Gasteiger partial charge in [-0.2, -0.15) is 0 Å². The highest BCUT2D eigenvalue weighted by Crippen LogP contribution is 2.06. The highest BCUT2D eigenvalue weighted by Gasteiger charge is 2.02. The van der Waals surface area contributed by atoms with Crippen molar-refractivity contribution in [2.45, 2.75) is 12.8 Å². The molecule has 0 aromatic carbocycles. The van der Waals surface area contributed by atoms with Gasteiger partial charge in [-0.05, 0) is 0 Å². The third-order valence-electron chi connectivity index (χ3n) is 1.36. The summed E-state index contributed by atoms with van der Waals surface area (Å²) in [7, 11) is 0. The van der Waals surface area contributed by atoms with Crippen LogP contribution in [0.15, 0.2) is 4.42 Å². The Balaban J connectivity index is 2.21. The Labute approximate surface area is 86.0 Å². The second-order valence-electron chi connectivity index (χ2n) is 2.54. The summed E-state index contributed by atoms with van der Waals surface area (Å²) >= 11 is 5.46. The maximum absolute atomic E-state index is 10.5. The van der Waals surface area contributed by atoms with Gasteiger partial charge in [-0.3, -0.25) is 4.79 Å². The van der Waals surface area contributed by atoms with Crippen LogP contribution in [0.4, 0.5) is 6.01 Å². The Morgan fingerprint density at radius 3 is 2.86 bits per heavy atom. The van der Waals surface area contributed by atoms with E-state index in [0.29, 0.717) is 25.0 Å². The molecule has 1 amide bonds. The quantitative estimate of drug-likeness (QED) is 0.551. The zero-order valence-electron chi connectivity index (χ0n) is 7.71. The normalized spacial score (nSPS) is 9.86. The van der Waals surface area contributed by atoms with Gasteiger partial charge >= 0.3 is 6.01 Å². The molecule has 14 heavy (non-hydrogen) atoms. The molecule has 0 atom stereocenters. The number of nitrogens with zero attached hydrogens (tertiary/aromatic N) is 2. The minimum Gasteiger partial charge on any atom is -0.407 e. The Morgan fingerprint density at radius 1 is 1.50 bits per heavy atom. The summed E-state index contributed by atoms with van der Waals surface area (Å²) in [6.07, 6.45) is 0. The minimum atomic E-state index is -0.0706. The molecular formula is C7H11ClN4O2. The summed E-state index contributed by atoms with van der Waals surface area (Å²) in [5.74, 6) is 0.493. The van der Waals surface area contributed by atoms with E-state index in [0.717, 1.165) is 0 Å². The number of hydrogen-bond donors (Lipinski definition) is 2. The Bertz CT molecular complexity index is 302. The molecule has 0 fully saturated rings. The topological polar surface area (TPSA) is 80.0 Å². The lowest BCUT2D eigenvalue weighted by atomic mass is 10.6. The molecule has 0 aliphatic carbocycles. The number of anilines is 1. The third kappa shape index (κ3) is 3.61. The van der Waals surface area contributed by atoms with E-state index >= 15 is 0 Å². The first-order chi connectivity index (χ1) is 6.72. The van der Waals surface area contributed by atoms with Crippen LogP contribution in [0.2, 0.25) is 0 Å². The average Bonchev–Trinajstić information content (AvgIpc) is 2.60. The molecule has 78 valence electrons. The number of hydrogen-bond acceptors (Lipinski definition) is 5. The van der Waals surface area contributed by atoms with Crippen molar-refractivity contribution in [3.8, 4) is 0 Å². The number of carbonyl (C=O) groups excluding carboxylic acids is 1. The highest BCUT2D eigenvalue weighted by molar-refractivity contribution is 6.16. The lowest BCUT2D eigenvalue weighted by Gasteiger charge is -2.01. The SMILES string of the molecule is CC(=O)NCCNc1nnc(CCl)o1. The molecule has 0 unspecified atom stereocenters. The predicted octanol–water partition coefficient (Wildman–Crippen LogP) is 0.356. The number of amides is 1. The van der Waals surface area contributed by atoms with E-state index in [4.69, 9.17) is 16.0 Å². The average molecular weight is 219 g/mol. The fourth-order valence-electron chi connectivity index (χ4n) is 0.787. The zero-order valence-corrected chi connectivity index (χ0v) is 8.47. The molecule has 7 heteroatoms. The van der Waals surface area contributed by atoms with Gasteiger partial charge in [-0.25, -0.2) is 0 Å². The first-order valence-corrected chi connectivity index (χ1v) is 4.62. The van der Waals surface area contributed by atoms with Gasteiger partial charge in [-0.1, -0.05) is 5.10 Å². The van der Waals surface area contributed by atoms with Crippen molar-refractivity contribution in [1.82, 2.24) is 15.5 Å². The molecule has 1 rings (SSSR count). The Morgan fingerprint density at radius 2 is 2.29 bits per heavy atom. The van der Waals surface area contributed by atoms with Crippen LogP contribution in [0.25, 0.3) is 0 Å². The summed E-state index contributed by atoms with van der Waals surface area (Å²) < 4.78 is 5.06. The van der Waals surface area contributed by atoms with Gasteiger partial charge in [0.05, 0.1) is 0 Å². The number of rotatable bonds is 5. The number of halogens is 1. The molecule has 0 aliphatic rings. The fraction of sp³-hybridized carbons (Fsp3) is 0.571. The summed E-state index contributed by atoms with van der Waals surface area (Å²) in [5, 5.41) is 12.8. The maximum Gasteiger partial charge on any atom is 0.315 e. The predicted molar refractivity (Wildman–Crippen MR) is 51.0 cm³/mol. The Kier molecular flexibility index (Phi) is 4.18. The fourth-order valence-corrected chi connectivity index (χ4v) is 0.895. The molecule has 0 radical (unpaired) electrons. The van der Waals surface area contributed by atoms with Crippen molar-refractivity contribution < 1.29 is 9.21 Å². The maximum atomic E-state index is 10.5.